The summed E-state index contributed by atoms with van der Waals surface area (Å²) < 4.78 is 5.64. The van der Waals surface area contributed by atoms with Gasteiger partial charge in [-0.3, -0.25) is 4.90 Å². The summed E-state index contributed by atoms with van der Waals surface area (Å²) in [7, 11) is 0. The molecule has 0 aromatic rings. The second kappa shape index (κ2) is 5.69. The van der Waals surface area contributed by atoms with Crippen molar-refractivity contribution in [1.82, 2.24) is 4.90 Å². The molecule has 0 radical (unpaired) electrons. The minimum atomic E-state index is 0.0230. The summed E-state index contributed by atoms with van der Waals surface area (Å²) in [5.41, 5.74) is 0.0230. The molecule has 1 saturated heterocycles. The van der Waals surface area contributed by atoms with Gasteiger partial charge in [0.25, 0.3) is 0 Å². The Bertz CT molecular complexity index is 159. The quantitative estimate of drug-likeness (QED) is 0.680. The van der Waals surface area contributed by atoms with Gasteiger partial charge in [0, 0.05) is 19.7 Å². The Kier molecular flexibility index (Phi) is 4.85. The van der Waals surface area contributed by atoms with Crippen molar-refractivity contribution < 1.29 is 9.84 Å². The standard InChI is InChI=1S/C11H23NO2/c1-11(2)10-12(7-9-14-11)6-4-3-5-8-13/h13H,3-10H2,1-2H3. The Morgan fingerprint density at radius 1 is 1.29 bits per heavy atom. The second-order valence-electron chi connectivity index (χ2n) is 4.67. The third-order valence-electron chi connectivity index (χ3n) is 2.64. The SMILES string of the molecule is CC1(C)CN(CCCCCO)CCO1. The first-order valence-electron chi connectivity index (χ1n) is 5.61. The molecule has 0 unspecified atom stereocenters. The first-order valence-corrected chi connectivity index (χ1v) is 5.61. The highest BCUT2D eigenvalue weighted by Gasteiger charge is 2.26. The maximum atomic E-state index is 8.65. The Morgan fingerprint density at radius 2 is 2.07 bits per heavy atom. The molecule has 0 amide bonds. The van der Waals surface area contributed by atoms with E-state index in [-0.39, 0.29) is 5.60 Å². The zero-order valence-corrected chi connectivity index (χ0v) is 9.46. The molecule has 84 valence electrons. The summed E-state index contributed by atoms with van der Waals surface area (Å²) >= 11 is 0. The van der Waals surface area contributed by atoms with Crippen LogP contribution in [0.2, 0.25) is 0 Å². The van der Waals surface area contributed by atoms with E-state index in [0.29, 0.717) is 6.61 Å². The summed E-state index contributed by atoms with van der Waals surface area (Å²) in [5, 5.41) is 8.65. The molecular weight excluding hydrogens is 178 g/mol. The average Bonchev–Trinajstić information content (AvgIpc) is 2.11. The maximum Gasteiger partial charge on any atom is 0.0753 e. The van der Waals surface area contributed by atoms with Crippen molar-refractivity contribution in [3.8, 4) is 0 Å². The zero-order chi connectivity index (χ0) is 10.4. The van der Waals surface area contributed by atoms with Crippen molar-refractivity contribution >= 4 is 0 Å². The van der Waals surface area contributed by atoms with Gasteiger partial charge in [0.2, 0.25) is 0 Å². The molecule has 1 heterocycles. The average molecular weight is 201 g/mol. The van der Waals surface area contributed by atoms with E-state index in [1.165, 1.54) is 6.42 Å². The van der Waals surface area contributed by atoms with Gasteiger partial charge in [0.15, 0.2) is 0 Å². The Morgan fingerprint density at radius 3 is 2.71 bits per heavy atom. The molecule has 0 atom stereocenters. The van der Waals surface area contributed by atoms with Crippen LogP contribution in [0.25, 0.3) is 0 Å². The monoisotopic (exact) mass is 201 g/mol. The van der Waals surface area contributed by atoms with E-state index >= 15 is 0 Å². The second-order valence-corrected chi connectivity index (χ2v) is 4.67. The van der Waals surface area contributed by atoms with Crippen LogP contribution in [0.4, 0.5) is 0 Å². The van der Waals surface area contributed by atoms with Crippen LogP contribution in [0.15, 0.2) is 0 Å². The number of hydrogen-bond donors (Lipinski definition) is 1. The third-order valence-corrected chi connectivity index (χ3v) is 2.64. The van der Waals surface area contributed by atoms with Crippen molar-refractivity contribution in [3.63, 3.8) is 0 Å². The number of rotatable bonds is 5. The highest BCUT2D eigenvalue weighted by atomic mass is 16.5. The Labute approximate surface area is 87.1 Å². The molecular formula is C11H23NO2. The largest absolute Gasteiger partial charge is 0.396 e. The molecule has 1 rings (SSSR count). The van der Waals surface area contributed by atoms with Crippen LogP contribution < -0.4 is 0 Å². The number of nitrogens with zero attached hydrogens (tertiary/aromatic N) is 1. The zero-order valence-electron chi connectivity index (χ0n) is 9.46. The molecule has 0 bridgehead atoms. The Hall–Kier alpha value is -0.120. The van der Waals surface area contributed by atoms with Gasteiger partial charge < -0.3 is 9.84 Å². The van der Waals surface area contributed by atoms with E-state index in [9.17, 15) is 0 Å². The predicted octanol–water partition coefficient (Wildman–Crippen LogP) is 1.26. The van der Waals surface area contributed by atoms with Crippen molar-refractivity contribution in [2.24, 2.45) is 0 Å². The maximum absolute atomic E-state index is 8.65. The van der Waals surface area contributed by atoms with Gasteiger partial charge in [-0.25, -0.2) is 0 Å². The third kappa shape index (κ3) is 4.40. The molecule has 14 heavy (non-hydrogen) atoms. The van der Waals surface area contributed by atoms with E-state index in [0.717, 1.165) is 39.1 Å². The molecule has 1 fully saturated rings. The highest BCUT2D eigenvalue weighted by molar-refractivity contribution is 4.78. The van der Waals surface area contributed by atoms with Gasteiger partial charge in [-0.2, -0.15) is 0 Å². The molecule has 0 aromatic carbocycles. The molecule has 0 saturated carbocycles. The molecule has 0 aliphatic carbocycles. The molecule has 0 aromatic heterocycles. The normalized spacial score (nSPS) is 22.5. The molecule has 0 spiro atoms. The van der Waals surface area contributed by atoms with E-state index in [2.05, 4.69) is 18.7 Å². The minimum absolute atomic E-state index is 0.0230. The van der Waals surface area contributed by atoms with Crippen LogP contribution in [0, 0.1) is 0 Å². The van der Waals surface area contributed by atoms with Gasteiger partial charge in [-0.05, 0) is 39.7 Å². The lowest BCUT2D eigenvalue weighted by molar-refractivity contribution is -0.0861. The first kappa shape index (κ1) is 12.0. The van der Waals surface area contributed by atoms with Gasteiger partial charge in [0.1, 0.15) is 0 Å². The van der Waals surface area contributed by atoms with Gasteiger partial charge in [-0.1, -0.05) is 0 Å². The summed E-state index contributed by atoms with van der Waals surface area (Å²) in [4.78, 5) is 2.46. The number of unbranched alkanes of at least 4 members (excludes halogenated alkanes) is 2. The predicted molar refractivity (Wildman–Crippen MR) is 57.4 cm³/mol. The molecule has 1 aliphatic rings. The van der Waals surface area contributed by atoms with Crippen molar-refractivity contribution in [3.05, 3.63) is 0 Å². The fourth-order valence-corrected chi connectivity index (χ4v) is 1.93. The number of hydrogen-bond acceptors (Lipinski definition) is 3. The van der Waals surface area contributed by atoms with Crippen molar-refractivity contribution in [2.45, 2.75) is 38.7 Å². The van der Waals surface area contributed by atoms with Gasteiger partial charge in [0.05, 0.1) is 12.2 Å². The lowest BCUT2D eigenvalue weighted by Crippen LogP contribution is -2.48. The van der Waals surface area contributed by atoms with Gasteiger partial charge >= 0.3 is 0 Å². The summed E-state index contributed by atoms with van der Waals surface area (Å²) in [6, 6.07) is 0. The number of aliphatic hydroxyl groups excluding tert-OH is 1. The number of morpholine rings is 1. The minimum Gasteiger partial charge on any atom is -0.396 e. The molecule has 1 N–H and O–H groups in total. The van der Waals surface area contributed by atoms with E-state index < -0.39 is 0 Å². The molecule has 3 nitrogen and oxygen atoms in total. The lowest BCUT2D eigenvalue weighted by Gasteiger charge is -2.38. The fourth-order valence-electron chi connectivity index (χ4n) is 1.93. The van der Waals surface area contributed by atoms with E-state index in [1.54, 1.807) is 0 Å². The van der Waals surface area contributed by atoms with E-state index in [1.807, 2.05) is 0 Å². The first-order chi connectivity index (χ1) is 6.64. The fraction of sp³-hybridized carbons (Fsp3) is 1.00. The number of aliphatic hydroxyl groups is 1. The van der Waals surface area contributed by atoms with Crippen LogP contribution in [-0.2, 0) is 4.74 Å². The molecule has 3 heteroatoms. The topological polar surface area (TPSA) is 32.7 Å². The van der Waals surface area contributed by atoms with Crippen LogP contribution in [-0.4, -0.2) is 48.5 Å². The summed E-state index contributed by atoms with van der Waals surface area (Å²) in [5.74, 6) is 0. The lowest BCUT2D eigenvalue weighted by atomic mass is 10.1. The smallest absolute Gasteiger partial charge is 0.0753 e. The Balaban J connectivity index is 2.12. The molecule has 1 aliphatic heterocycles. The summed E-state index contributed by atoms with van der Waals surface area (Å²) in [6.45, 7) is 8.71. The van der Waals surface area contributed by atoms with Gasteiger partial charge in [-0.15, -0.1) is 0 Å². The number of ether oxygens (including phenoxy) is 1. The van der Waals surface area contributed by atoms with Crippen molar-refractivity contribution in [1.29, 1.82) is 0 Å². The van der Waals surface area contributed by atoms with E-state index in [4.69, 9.17) is 9.84 Å². The van der Waals surface area contributed by atoms with Crippen LogP contribution in [0.3, 0.4) is 0 Å². The van der Waals surface area contributed by atoms with Crippen LogP contribution >= 0.6 is 0 Å². The van der Waals surface area contributed by atoms with Crippen LogP contribution in [0.5, 0.6) is 0 Å². The van der Waals surface area contributed by atoms with Crippen LogP contribution in [0.1, 0.15) is 33.1 Å². The summed E-state index contributed by atoms with van der Waals surface area (Å²) in [6.07, 6.45) is 3.26. The van der Waals surface area contributed by atoms with Crippen molar-refractivity contribution in [2.75, 3.05) is 32.8 Å². The highest BCUT2D eigenvalue weighted by Crippen LogP contribution is 2.16.